The van der Waals surface area contributed by atoms with Crippen LogP contribution in [0.1, 0.15) is 29.7 Å². The Morgan fingerprint density at radius 1 is 1.47 bits per heavy atom. The number of amidine groups is 1. The predicted molar refractivity (Wildman–Crippen MR) is 64.5 cm³/mol. The van der Waals surface area contributed by atoms with E-state index < -0.39 is 0 Å². The molecule has 92 valence electrons. The topological polar surface area (TPSA) is 92.2 Å². The number of aromatic nitrogens is 1. The molecule has 0 saturated carbocycles. The highest BCUT2D eigenvalue weighted by Gasteiger charge is 2.17. The van der Waals surface area contributed by atoms with Crippen molar-refractivity contribution in [2.45, 2.75) is 25.7 Å². The summed E-state index contributed by atoms with van der Waals surface area (Å²) in [6.45, 7) is 0.0994. The van der Waals surface area contributed by atoms with Gasteiger partial charge < -0.3 is 15.6 Å². The Kier molecular flexibility index (Phi) is 3.58. The lowest BCUT2D eigenvalue weighted by molar-refractivity contribution is 0.196. The van der Waals surface area contributed by atoms with Gasteiger partial charge in [-0.2, -0.15) is 0 Å². The van der Waals surface area contributed by atoms with Gasteiger partial charge in [0.15, 0.2) is 0 Å². The second kappa shape index (κ2) is 5.14. The Bertz CT molecular complexity index is 432. The number of fused-ring (bicyclic) bond motifs is 1. The molecule has 17 heavy (non-hydrogen) atoms. The van der Waals surface area contributed by atoms with Crippen molar-refractivity contribution in [3.05, 3.63) is 22.9 Å². The molecule has 0 unspecified atom stereocenters. The monoisotopic (exact) mass is 235 g/mol. The summed E-state index contributed by atoms with van der Waals surface area (Å²) in [6.07, 6.45) is 4.23. The van der Waals surface area contributed by atoms with Crippen LogP contribution in [0.15, 0.2) is 6.07 Å². The van der Waals surface area contributed by atoms with Crippen molar-refractivity contribution in [3.63, 3.8) is 0 Å². The Hall–Kier alpha value is -1.62. The molecule has 0 amide bonds. The number of ether oxygens (including phenoxy) is 1. The third-order valence-corrected chi connectivity index (χ3v) is 2.89. The van der Waals surface area contributed by atoms with Crippen molar-refractivity contribution in [2.75, 3.05) is 13.2 Å². The average Bonchev–Trinajstić information content (AvgIpc) is 2.35. The molecule has 1 aromatic rings. The van der Waals surface area contributed by atoms with Crippen molar-refractivity contribution >= 4 is 5.84 Å². The second-order valence-electron chi connectivity index (χ2n) is 4.14. The Morgan fingerprint density at radius 3 is 2.94 bits per heavy atom. The molecule has 0 saturated heterocycles. The van der Waals surface area contributed by atoms with Gasteiger partial charge in [0, 0.05) is 5.69 Å². The van der Waals surface area contributed by atoms with E-state index in [0.717, 1.165) is 36.9 Å². The third-order valence-electron chi connectivity index (χ3n) is 2.89. The standard InChI is InChI=1S/C12H17N3O2/c13-11(14)9-7-8-3-1-2-4-10(8)15-12(9)17-6-5-16/h7,16H,1-6H2,(H3,13,14). The van der Waals surface area contributed by atoms with Crippen molar-refractivity contribution in [1.29, 1.82) is 5.41 Å². The number of nitrogens with two attached hydrogens (primary N) is 1. The zero-order valence-electron chi connectivity index (χ0n) is 9.70. The summed E-state index contributed by atoms with van der Waals surface area (Å²) in [7, 11) is 0. The van der Waals surface area contributed by atoms with Gasteiger partial charge in [0.2, 0.25) is 5.88 Å². The number of aryl methyl sites for hydroxylation is 2. The largest absolute Gasteiger partial charge is 0.475 e. The van der Waals surface area contributed by atoms with Gasteiger partial charge in [-0.25, -0.2) is 4.98 Å². The van der Waals surface area contributed by atoms with Crippen LogP contribution in [0.5, 0.6) is 5.88 Å². The molecule has 0 aliphatic heterocycles. The molecule has 1 aliphatic rings. The molecule has 0 aromatic carbocycles. The molecule has 1 heterocycles. The third kappa shape index (κ3) is 2.55. The van der Waals surface area contributed by atoms with E-state index in [1.165, 1.54) is 0 Å². The van der Waals surface area contributed by atoms with Gasteiger partial charge >= 0.3 is 0 Å². The normalized spacial score (nSPS) is 14.2. The fraction of sp³-hybridized carbons (Fsp3) is 0.500. The zero-order chi connectivity index (χ0) is 12.3. The minimum atomic E-state index is -0.0733. The molecule has 0 bridgehead atoms. The first-order valence-corrected chi connectivity index (χ1v) is 5.83. The summed E-state index contributed by atoms with van der Waals surface area (Å²) >= 11 is 0. The SMILES string of the molecule is N=C(N)c1cc2c(nc1OCCO)CCCC2. The first-order chi connectivity index (χ1) is 8.22. The molecule has 4 N–H and O–H groups in total. The Labute approximate surface area is 100 Å². The van der Waals surface area contributed by atoms with Crippen LogP contribution in [-0.2, 0) is 12.8 Å². The highest BCUT2D eigenvalue weighted by atomic mass is 16.5. The van der Waals surface area contributed by atoms with Crippen LogP contribution in [0.25, 0.3) is 0 Å². The summed E-state index contributed by atoms with van der Waals surface area (Å²) in [5.41, 5.74) is 8.25. The summed E-state index contributed by atoms with van der Waals surface area (Å²) < 4.78 is 5.33. The molecule has 0 spiro atoms. The number of nitrogens with one attached hydrogen (secondary N) is 1. The summed E-state index contributed by atoms with van der Waals surface area (Å²) in [5.74, 6) is 0.325. The van der Waals surface area contributed by atoms with Crippen molar-refractivity contribution in [2.24, 2.45) is 5.73 Å². The van der Waals surface area contributed by atoms with E-state index in [0.29, 0.717) is 11.4 Å². The molecule has 5 nitrogen and oxygen atoms in total. The maximum Gasteiger partial charge on any atom is 0.224 e. The zero-order valence-corrected chi connectivity index (χ0v) is 9.70. The number of aliphatic hydroxyl groups excluding tert-OH is 1. The van der Waals surface area contributed by atoms with E-state index in [4.69, 9.17) is 21.0 Å². The molecule has 0 atom stereocenters. The van der Waals surface area contributed by atoms with Crippen LogP contribution in [0.3, 0.4) is 0 Å². The average molecular weight is 235 g/mol. The van der Waals surface area contributed by atoms with Gasteiger partial charge in [0.25, 0.3) is 0 Å². The Balaban J connectivity index is 2.37. The highest BCUT2D eigenvalue weighted by molar-refractivity contribution is 5.97. The summed E-state index contributed by atoms with van der Waals surface area (Å²) in [6, 6.07) is 1.90. The van der Waals surface area contributed by atoms with Gasteiger partial charge in [-0.1, -0.05) is 0 Å². The number of nitrogens with zero attached hydrogens (tertiary/aromatic N) is 1. The van der Waals surface area contributed by atoms with Gasteiger partial charge in [0.05, 0.1) is 12.2 Å². The van der Waals surface area contributed by atoms with Crippen LogP contribution in [0.2, 0.25) is 0 Å². The number of hydrogen-bond acceptors (Lipinski definition) is 4. The fourth-order valence-corrected chi connectivity index (χ4v) is 2.06. The maximum atomic E-state index is 8.76. The van der Waals surface area contributed by atoms with E-state index in [9.17, 15) is 0 Å². The van der Waals surface area contributed by atoms with Gasteiger partial charge in [-0.3, -0.25) is 5.41 Å². The summed E-state index contributed by atoms with van der Waals surface area (Å²) in [5, 5.41) is 16.3. The van der Waals surface area contributed by atoms with Crippen LogP contribution in [-0.4, -0.2) is 29.1 Å². The Morgan fingerprint density at radius 2 is 2.24 bits per heavy atom. The van der Waals surface area contributed by atoms with Crippen molar-refractivity contribution in [3.8, 4) is 5.88 Å². The van der Waals surface area contributed by atoms with E-state index >= 15 is 0 Å². The highest BCUT2D eigenvalue weighted by Crippen LogP contribution is 2.25. The fourth-order valence-electron chi connectivity index (χ4n) is 2.06. The minimum absolute atomic E-state index is 0.0428. The van der Waals surface area contributed by atoms with E-state index in [2.05, 4.69) is 4.98 Å². The first-order valence-electron chi connectivity index (χ1n) is 5.83. The van der Waals surface area contributed by atoms with Gasteiger partial charge in [-0.05, 0) is 37.3 Å². The molecule has 1 aromatic heterocycles. The van der Waals surface area contributed by atoms with E-state index in [-0.39, 0.29) is 19.0 Å². The van der Waals surface area contributed by atoms with E-state index in [1.807, 2.05) is 6.07 Å². The van der Waals surface area contributed by atoms with Gasteiger partial charge in [-0.15, -0.1) is 0 Å². The van der Waals surface area contributed by atoms with Crippen molar-refractivity contribution < 1.29 is 9.84 Å². The van der Waals surface area contributed by atoms with Crippen LogP contribution >= 0.6 is 0 Å². The molecule has 0 fully saturated rings. The van der Waals surface area contributed by atoms with Crippen LogP contribution in [0, 0.1) is 5.41 Å². The van der Waals surface area contributed by atoms with Crippen LogP contribution in [0.4, 0.5) is 0 Å². The molecule has 1 aliphatic carbocycles. The molecule has 5 heteroatoms. The number of rotatable bonds is 4. The molecular weight excluding hydrogens is 218 g/mol. The minimum Gasteiger partial charge on any atom is -0.475 e. The van der Waals surface area contributed by atoms with Gasteiger partial charge in [0.1, 0.15) is 12.4 Å². The van der Waals surface area contributed by atoms with Crippen LogP contribution < -0.4 is 10.5 Å². The van der Waals surface area contributed by atoms with Crippen molar-refractivity contribution in [1.82, 2.24) is 4.98 Å². The smallest absolute Gasteiger partial charge is 0.224 e. The lowest BCUT2D eigenvalue weighted by Crippen LogP contribution is -2.18. The molecular formula is C12H17N3O2. The molecule has 0 radical (unpaired) electrons. The summed E-state index contributed by atoms with van der Waals surface area (Å²) in [4.78, 5) is 4.42. The number of hydrogen-bond donors (Lipinski definition) is 3. The predicted octanol–water partition coefficient (Wildman–Crippen LogP) is 0.616. The molecule has 2 rings (SSSR count). The second-order valence-corrected chi connectivity index (χ2v) is 4.14. The number of pyridine rings is 1. The van der Waals surface area contributed by atoms with E-state index in [1.54, 1.807) is 0 Å². The maximum absolute atomic E-state index is 8.76. The lowest BCUT2D eigenvalue weighted by atomic mass is 9.95. The number of aliphatic hydroxyl groups is 1. The lowest BCUT2D eigenvalue weighted by Gasteiger charge is -2.18. The first kappa shape index (κ1) is 11.9. The quantitative estimate of drug-likeness (QED) is 0.527. The number of nitrogen functional groups attached to an aromatic ring is 1.